The molecular weight excluding hydrogens is 467 g/mol. The molecule has 1 saturated heterocycles. The first-order valence-electron chi connectivity index (χ1n) is 9.65. The number of nitrogens with zero attached hydrogens (tertiary/aromatic N) is 3. The number of ether oxygens (including phenoxy) is 1. The van der Waals surface area contributed by atoms with Crippen LogP contribution in [0.25, 0.3) is 32.2 Å². The average Bonchev–Trinajstić information content (AvgIpc) is 3.13. The first-order valence-corrected chi connectivity index (χ1v) is 10.5. The van der Waals surface area contributed by atoms with Crippen LogP contribution in [0.5, 0.6) is 6.01 Å². The van der Waals surface area contributed by atoms with Crippen molar-refractivity contribution in [2.45, 2.75) is 12.2 Å². The van der Waals surface area contributed by atoms with Gasteiger partial charge in [0.25, 0.3) is 0 Å². The van der Waals surface area contributed by atoms with Crippen LogP contribution in [-0.4, -0.2) is 41.2 Å². The minimum Gasteiger partial charge on any atom is -0.467 e. The Morgan fingerprint density at radius 1 is 1.15 bits per heavy atom. The number of nitrogens with two attached hydrogens (primary N) is 1. The molecule has 5 rings (SSSR count). The number of rotatable bonds is 4. The lowest BCUT2D eigenvalue weighted by Gasteiger charge is -2.29. The number of thiazole rings is 1. The smallest absolute Gasteiger partial charge is 0.417 e. The monoisotopic (exact) mass is 482 g/mol. The van der Waals surface area contributed by atoms with Gasteiger partial charge in [0.2, 0.25) is 0 Å². The van der Waals surface area contributed by atoms with Crippen molar-refractivity contribution in [2.24, 2.45) is 0 Å². The molecule has 3 heterocycles. The molecule has 0 amide bonds. The second-order valence-electron chi connectivity index (χ2n) is 7.39. The first kappa shape index (κ1) is 21.5. The third-order valence-electron chi connectivity index (χ3n) is 5.30. The molecule has 33 heavy (non-hydrogen) atoms. The fourth-order valence-electron chi connectivity index (χ4n) is 3.67. The summed E-state index contributed by atoms with van der Waals surface area (Å²) in [6.07, 6.45) is -4.94. The van der Waals surface area contributed by atoms with Crippen molar-refractivity contribution in [3.8, 4) is 17.1 Å². The van der Waals surface area contributed by atoms with Crippen molar-refractivity contribution in [3.05, 3.63) is 35.4 Å². The molecule has 2 aromatic heterocycles. The number of halogens is 5. The van der Waals surface area contributed by atoms with Crippen molar-refractivity contribution in [1.82, 2.24) is 20.3 Å². The van der Waals surface area contributed by atoms with Crippen LogP contribution in [0.15, 0.2) is 18.2 Å². The van der Waals surface area contributed by atoms with E-state index in [-0.39, 0.29) is 49.7 Å². The summed E-state index contributed by atoms with van der Waals surface area (Å²) in [6, 6.07) is 2.47. The fourth-order valence-corrected chi connectivity index (χ4v) is 4.44. The van der Waals surface area contributed by atoms with E-state index in [0.29, 0.717) is 13.1 Å². The molecular formula is C20H15F5N6OS. The Labute approximate surface area is 186 Å². The maximum atomic E-state index is 15.9. The van der Waals surface area contributed by atoms with Gasteiger partial charge < -0.3 is 21.1 Å². The summed E-state index contributed by atoms with van der Waals surface area (Å²) in [7, 11) is 1.26. The highest BCUT2D eigenvalue weighted by Crippen LogP contribution is 2.45. The summed E-state index contributed by atoms with van der Waals surface area (Å²) >= 11 is 0.761. The van der Waals surface area contributed by atoms with E-state index >= 15 is 4.39 Å². The summed E-state index contributed by atoms with van der Waals surface area (Å²) in [5.74, 6) is -1.96. The van der Waals surface area contributed by atoms with Crippen molar-refractivity contribution in [2.75, 3.05) is 31.2 Å². The van der Waals surface area contributed by atoms with E-state index in [1.165, 1.54) is 7.11 Å². The molecule has 1 aliphatic heterocycles. The van der Waals surface area contributed by atoms with Crippen LogP contribution in [0.4, 0.5) is 32.9 Å². The van der Waals surface area contributed by atoms with Gasteiger partial charge in [0, 0.05) is 29.6 Å². The number of hydrogen-bond donors (Lipinski definition) is 3. The topological polar surface area (TPSA) is 98.0 Å². The van der Waals surface area contributed by atoms with Gasteiger partial charge in [0.15, 0.2) is 10.9 Å². The Morgan fingerprint density at radius 3 is 2.55 bits per heavy atom. The number of anilines is 2. The Kier molecular flexibility index (Phi) is 4.97. The van der Waals surface area contributed by atoms with Gasteiger partial charge in [-0.25, -0.2) is 13.8 Å². The van der Waals surface area contributed by atoms with Gasteiger partial charge in [-0.2, -0.15) is 23.1 Å². The first-order chi connectivity index (χ1) is 15.7. The van der Waals surface area contributed by atoms with E-state index in [1.807, 2.05) is 0 Å². The zero-order chi connectivity index (χ0) is 23.5. The highest BCUT2D eigenvalue weighted by molar-refractivity contribution is 7.22. The fraction of sp³-hybridized carbons (Fsp3) is 0.250. The number of aromatic nitrogens is 3. The van der Waals surface area contributed by atoms with Gasteiger partial charge in [-0.05, 0) is 18.2 Å². The van der Waals surface area contributed by atoms with E-state index in [4.69, 9.17) is 10.5 Å². The van der Waals surface area contributed by atoms with Crippen molar-refractivity contribution in [3.63, 3.8) is 0 Å². The molecule has 0 aliphatic carbocycles. The van der Waals surface area contributed by atoms with Crippen LogP contribution in [0.1, 0.15) is 5.56 Å². The SMILES string of the molecule is COc1nc(NC2CNC2)c2cc(C(F)(F)F)c(-c3ccc(F)c4sc(N)nc34)c(F)c2n1. The standard InChI is InChI=1S/C20H15F5N6OS/c1-32-19-30-14-9(17(31-19)28-7-5-27-6-7)4-10(20(23,24)25)12(13(14)22)8-2-3-11(21)16-15(8)29-18(26)33-16/h2-4,7,27H,5-6H2,1H3,(H2,26,29)(H,28,30,31). The lowest BCUT2D eigenvalue weighted by Crippen LogP contribution is -2.51. The molecule has 7 nitrogen and oxygen atoms in total. The van der Waals surface area contributed by atoms with E-state index in [9.17, 15) is 17.6 Å². The summed E-state index contributed by atoms with van der Waals surface area (Å²) < 4.78 is 77.6. The molecule has 4 aromatic rings. The minimum absolute atomic E-state index is 0.0152. The van der Waals surface area contributed by atoms with Crippen LogP contribution in [0.2, 0.25) is 0 Å². The van der Waals surface area contributed by atoms with E-state index in [0.717, 1.165) is 29.5 Å². The number of benzene rings is 2. The molecule has 0 bridgehead atoms. The molecule has 172 valence electrons. The third kappa shape index (κ3) is 3.56. The Balaban J connectivity index is 1.86. The summed E-state index contributed by atoms with van der Waals surface area (Å²) in [5.41, 5.74) is 2.80. The summed E-state index contributed by atoms with van der Waals surface area (Å²) in [5, 5.41) is 5.80. The Morgan fingerprint density at radius 2 is 1.91 bits per heavy atom. The summed E-state index contributed by atoms with van der Waals surface area (Å²) in [4.78, 5) is 12.0. The van der Waals surface area contributed by atoms with Gasteiger partial charge in [-0.15, -0.1) is 0 Å². The Bertz CT molecular complexity index is 1400. The second kappa shape index (κ2) is 7.63. The predicted octanol–water partition coefficient (Wildman–Crippen LogP) is 4.18. The van der Waals surface area contributed by atoms with Gasteiger partial charge >= 0.3 is 12.2 Å². The highest BCUT2D eigenvalue weighted by Gasteiger charge is 2.38. The van der Waals surface area contributed by atoms with Gasteiger partial charge in [0.05, 0.1) is 28.9 Å². The number of nitrogen functional groups attached to an aromatic ring is 1. The molecule has 2 aromatic carbocycles. The molecule has 0 atom stereocenters. The average molecular weight is 482 g/mol. The maximum Gasteiger partial charge on any atom is 0.417 e. The molecule has 1 fully saturated rings. The lowest BCUT2D eigenvalue weighted by atomic mass is 9.95. The van der Waals surface area contributed by atoms with Crippen molar-refractivity contribution in [1.29, 1.82) is 0 Å². The Hall–Kier alpha value is -3.32. The number of alkyl halides is 3. The molecule has 13 heteroatoms. The second-order valence-corrected chi connectivity index (χ2v) is 8.42. The summed E-state index contributed by atoms with van der Waals surface area (Å²) in [6.45, 7) is 1.14. The lowest BCUT2D eigenvalue weighted by molar-refractivity contribution is -0.137. The van der Waals surface area contributed by atoms with Gasteiger partial charge in [-0.1, -0.05) is 11.3 Å². The molecule has 0 saturated carbocycles. The maximum absolute atomic E-state index is 15.9. The molecule has 0 unspecified atom stereocenters. The van der Waals surface area contributed by atoms with Crippen LogP contribution >= 0.6 is 11.3 Å². The number of hydrogen-bond acceptors (Lipinski definition) is 8. The van der Waals surface area contributed by atoms with Crippen molar-refractivity contribution >= 4 is 43.4 Å². The van der Waals surface area contributed by atoms with Crippen LogP contribution < -0.4 is 21.1 Å². The molecule has 4 N–H and O–H groups in total. The van der Waals surface area contributed by atoms with Crippen LogP contribution in [0.3, 0.4) is 0 Å². The van der Waals surface area contributed by atoms with Gasteiger partial charge in [-0.3, -0.25) is 0 Å². The van der Waals surface area contributed by atoms with E-state index in [1.54, 1.807) is 0 Å². The van der Waals surface area contributed by atoms with E-state index in [2.05, 4.69) is 25.6 Å². The number of nitrogens with one attached hydrogen (secondary N) is 2. The van der Waals surface area contributed by atoms with Crippen LogP contribution in [0, 0.1) is 11.6 Å². The van der Waals surface area contributed by atoms with E-state index < -0.39 is 28.9 Å². The zero-order valence-corrected chi connectivity index (χ0v) is 17.7. The predicted molar refractivity (Wildman–Crippen MR) is 114 cm³/mol. The van der Waals surface area contributed by atoms with Crippen molar-refractivity contribution < 1.29 is 26.7 Å². The van der Waals surface area contributed by atoms with Gasteiger partial charge in [0.1, 0.15) is 17.2 Å². The zero-order valence-electron chi connectivity index (χ0n) is 16.8. The minimum atomic E-state index is -4.94. The molecule has 0 radical (unpaired) electrons. The highest BCUT2D eigenvalue weighted by atomic mass is 32.1. The number of fused-ring (bicyclic) bond motifs is 2. The molecule has 1 aliphatic rings. The normalized spacial score (nSPS) is 14.6. The number of methoxy groups -OCH3 is 1. The van der Waals surface area contributed by atoms with Crippen LogP contribution in [-0.2, 0) is 6.18 Å². The third-order valence-corrected chi connectivity index (χ3v) is 6.20. The quantitative estimate of drug-likeness (QED) is 0.376. The largest absolute Gasteiger partial charge is 0.467 e. The molecule has 0 spiro atoms.